The lowest BCUT2D eigenvalue weighted by Crippen LogP contribution is -2.02. The molecule has 0 aliphatic rings. The molecule has 0 fully saturated rings. The fraction of sp³-hybridized carbons (Fsp3) is 0.0286. The summed E-state index contributed by atoms with van der Waals surface area (Å²) in [4.78, 5) is 14.6. The molecule has 0 spiro atoms. The van der Waals surface area contributed by atoms with Gasteiger partial charge in [-0.25, -0.2) is 15.0 Å². The van der Waals surface area contributed by atoms with Gasteiger partial charge in [-0.05, 0) is 43.3 Å². The van der Waals surface area contributed by atoms with E-state index in [-0.39, 0.29) is 0 Å². The summed E-state index contributed by atoms with van der Waals surface area (Å²) < 4.78 is 2.17. The molecule has 5 aromatic carbocycles. The number of hydrogen-bond acceptors (Lipinski definition) is 4. The average molecular weight is 514 g/mol. The predicted octanol–water partition coefficient (Wildman–Crippen LogP) is 8.15. The first-order valence-electron chi connectivity index (χ1n) is 13.1. The van der Waals surface area contributed by atoms with E-state index in [9.17, 15) is 5.26 Å². The zero-order valence-electron chi connectivity index (χ0n) is 21.8. The summed E-state index contributed by atoms with van der Waals surface area (Å²) >= 11 is 0. The van der Waals surface area contributed by atoms with Crippen LogP contribution in [0.3, 0.4) is 0 Å². The van der Waals surface area contributed by atoms with Crippen LogP contribution in [0.15, 0.2) is 121 Å². The maximum atomic E-state index is 10.1. The minimum Gasteiger partial charge on any atom is -0.308 e. The van der Waals surface area contributed by atoms with Crippen LogP contribution in [0.4, 0.5) is 0 Å². The number of rotatable bonds is 4. The van der Waals surface area contributed by atoms with Crippen LogP contribution in [-0.4, -0.2) is 19.5 Å². The Hall–Kier alpha value is -5.60. The topological polar surface area (TPSA) is 67.4 Å². The molecular formula is C35H23N5. The lowest BCUT2D eigenvalue weighted by atomic mass is 10.1. The van der Waals surface area contributed by atoms with Crippen LogP contribution in [0, 0.1) is 18.3 Å². The second kappa shape index (κ2) is 9.61. The number of para-hydroxylation sites is 1. The van der Waals surface area contributed by atoms with Gasteiger partial charge < -0.3 is 4.57 Å². The molecule has 0 unspecified atom stereocenters. The van der Waals surface area contributed by atoms with Crippen LogP contribution >= 0.6 is 0 Å². The monoisotopic (exact) mass is 513 g/mol. The van der Waals surface area contributed by atoms with E-state index in [1.165, 1.54) is 5.56 Å². The average Bonchev–Trinajstić information content (AvgIpc) is 3.34. The largest absolute Gasteiger partial charge is 0.308 e. The van der Waals surface area contributed by atoms with Gasteiger partial charge in [0.05, 0.1) is 22.3 Å². The van der Waals surface area contributed by atoms with Gasteiger partial charge in [0.25, 0.3) is 0 Å². The highest BCUT2D eigenvalue weighted by molar-refractivity contribution is 6.09. The number of hydrogen-bond donors (Lipinski definition) is 0. The van der Waals surface area contributed by atoms with Gasteiger partial charge >= 0.3 is 0 Å². The predicted molar refractivity (Wildman–Crippen MR) is 160 cm³/mol. The Balaban J connectivity index is 1.49. The molecule has 40 heavy (non-hydrogen) atoms. The molecular weight excluding hydrogens is 490 g/mol. The van der Waals surface area contributed by atoms with E-state index < -0.39 is 0 Å². The molecule has 7 rings (SSSR count). The quantitative estimate of drug-likeness (QED) is 0.238. The number of nitrogens with zero attached hydrogens (tertiary/aromatic N) is 5. The number of aromatic nitrogens is 4. The molecule has 2 aromatic heterocycles. The molecule has 188 valence electrons. The first kappa shape index (κ1) is 23.5. The van der Waals surface area contributed by atoms with Crippen LogP contribution in [0.5, 0.6) is 0 Å². The van der Waals surface area contributed by atoms with Gasteiger partial charge in [-0.1, -0.05) is 90.5 Å². The van der Waals surface area contributed by atoms with Crippen molar-refractivity contribution in [2.24, 2.45) is 0 Å². The van der Waals surface area contributed by atoms with Crippen LogP contribution < -0.4 is 0 Å². The number of benzene rings is 5. The molecule has 2 heterocycles. The van der Waals surface area contributed by atoms with Gasteiger partial charge in [0.1, 0.15) is 6.07 Å². The Bertz CT molecular complexity index is 2010. The van der Waals surface area contributed by atoms with Crippen LogP contribution in [-0.2, 0) is 0 Å². The summed E-state index contributed by atoms with van der Waals surface area (Å²) in [6.45, 7) is 2.10. The van der Waals surface area contributed by atoms with E-state index in [1.807, 2.05) is 84.9 Å². The van der Waals surface area contributed by atoms with Gasteiger partial charge in [-0.15, -0.1) is 0 Å². The molecule has 0 amide bonds. The summed E-state index contributed by atoms with van der Waals surface area (Å²) in [6, 6.07) is 42.8. The van der Waals surface area contributed by atoms with Crippen LogP contribution in [0.1, 0.15) is 11.1 Å². The molecule has 0 atom stereocenters. The first-order valence-corrected chi connectivity index (χ1v) is 13.1. The second-order valence-corrected chi connectivity index (χ2v) is 9.76. The lowest BCUT2D eigenvalue weighted by Gasteiger charge is -2.13. The SMILES string of the molecule is Cc1ccc2c(c1)c1ccccc1n2-c1cc(-c2nc(-c3ccccc3)nc(-c3ccccc3)n2)ccc1C#N. The Morgan fingerprint density at radius 1 is 0.550 bits per heavy atom. The van der Waals surface area contributed by atoms with Crippen molar-refractivity contribution >= 4 is 21.8 Å². The Labute approximate surface area is 231 Å². The van der Waals surface area contributed by atoms with Gasteiger partial charge in [-0.3, -0.25) is 0 Å². The molecule has 5 nitrogen and oxygen atoms in total. The van der Waals surface area contributed by atoms with Gasteiger partial charge in [0.15, 0.2) is 17.5 Å². The van der Waals surface area contributed by atoms with E-state index in [2.05, 4.69) is 54.0 Å². The normalized spacial score (nSPS) is 11.1. The fourth-order valence-electron chi connectivity index (χ4n) is 5.23. The van der Waals surface area contributed by atoms with Crippen molar-refractivity contribution in [1.29, 1.82) is 5.26 Å². The Morgan fingerprint density at radius 3 is 1.77 bits per heavy atom. The number of aryl methyl sites for hydroxylation is 1. The molecule has 0 aliphatic heterocycles. The van der Waals surface area contributed by atoms with E-state index in [1.54, 1.807) is 0 Å². The summed E-state index contributed by atoms with van der Waals surface area (Å²) in [5, 5.41) is 12.4. The molecule has 0 radical (unpaired) electrons. The van der Waals surface area contributed by atoms with Crippen LogP contribution in [0.2, 0.25) is 0 Å². The standard InChI is InChI=1S/C35H23N5/c1-23-16-19-31-29(20-23)28-14-8-9-15-30(28)40(31)32-21-26(17-18-27(32)22-36)35-38-33(24-10-4-2-5-11-24)37-34(39-35)25-12-6-3-7-13-25/h2-21H,1H3. The second-order valence-electron chi connectivity index (χ2n) is 9.76. The third-order valence-corrected chi connectivity index (χ3v) is 7.14. The van der Waals surface area contributed by atoms with E-state index in [0.29, 0.717) is 23.0 Å². The molecule has 5 heteroatoms. The molecule has 0 saturated carbocycles. The van der Waals surface area contributed by atoms with E-state index >= 15 is 0 Å². The van der Waals surface area contributed by atoms with Gasteiger partial charge in [-0.2, -0.15) is 5.26 Å². The lowest BCUT2D eigenvalue weighted by molar-refractivity contribution is 1.07. The van der Waals surface area contributed by atoms with Crippen molar-refractivity contribution in [3.8, 4) is 45.9 Å². The van der Waals surface area contributed by atoms with Crippen molar-refractivity contribution in [2.45, 2.75) is 6.92 Å². The summed E-state index contributed by atoms with van der Waals surface area (Å²) in [6.07, 6.45) is 0. The number of nitriles is 1. The van der Waals surface area contributed by atoms with Crippen molar-refractivity contribution < 1.29 is 0 Å². The van der Waals surface area contributed by atoms with Crippen molar-refractivity contribution in [2.75, 3.05) is 0 Å². The van der Waals surface area contributed by atoms with E-state index in [4.69, 9.17) is 15.0 Å². The highest BCUT2D eigenvalue weighted by Crippen LogP contribution is 2.35. The Kier molecular flexibility index (Phi) is 5.65. The maximum Gasteiger partial charge on any atom is 0.164 e. The smallest absolute Gasteiger partial charge is 0.164 e. The van der Waals surface area contributed by atoms with Crippen molar-refractivity contribution in [1.82, 2.24) is 19.5 Å². The zero-order chi connectivity index (χ0) is 27.1. The maximum absolute atomic E-state index is 10.1. The third-order valence-electron chi connectivity index (χ3n) is 7.14. The molecule has 7 aromatic rings. The van der Waals surface area contributed by atoms with Crippen LogP contribution in [0.25, 0.3) is 61.7 Å². The zero-order valence-corrected chi connectivity index (χ0v) is 21.8. The van der Waals surface area contributed by atoms with E-state index in [0.717, 1.165) is 44.2 Å². The van der Waals surface area contributed by atoms with Gasteiger partial charge in [0, 0.05) is 27.5 Å². The fourth-order valence-corrected chi connectivity index (χ4v) is 5.23. The number of fused-ring (bicyclic) bond motifs is 3. The molecule has 0 bridgehead atoms. The molecule has 0 aliphatic carbocycles. The van der Waals surface area contributed by atoms with Crippen molar-refractivity contribution in [3.05, 3.63) is 132 Å². The minimum atomic E-state index is 0.551. The molecule has 0 N–H and O–H groups in total. The molecule has 0 saturated heterocycles. The minimum absolute atomic E-state index is 0.551. The highest BCUT2D eigenvalue weighted by atomic mass is 15.0. The summed E-state index contributed by atoms with van der Waals surface area (Å²) in [5.74, 6) is 1.75. The Morgan fingerprint density at radius 2 is 1.12 bits per heavy atom. The van der Waals surface area contributed by atoms with Crippen molar-refractivity contribution in [3.63, 3.8) is 0 Å². The highest BCUT2D eigenvalue weighted by Gasteiger charge is 2.18. The van der Waals surface area contributed by atoms with Gasteiger partial charge in [0.2, 0.25) is 0 Å². The third kappa shape index (κ3) is 4.00. The summed E-state index contributed by atoms with van der Waals surface area (Å²) in [5.41, 5.74) is 7.28. The summed E-state index contributed by atoms with van der Waals surface area (Å²) in [7, 11) is 0. The first-order chi connectivity index (χ1) is 19.7.